The van der Waals surface area contributed by atoms with E-state index in [4.69, 9.17) is 0 Å². The number of fused-ring (bicyclic) bond motifs is 3. The molecular formula is C15H19Br. The average molecular weight is 279 g/mol. The van der Waals surface area contributed by atoms with E-state index in [-0.39, 0.29) is 0 Å². The van der Waals surface area contributed by atoms with Gasteiger partial charge in [0.15, 0.2) is 0 Å². The minimum atomic E-state index is 0.676. The lowest BCUT2D eigenvalue weighted by molar-refractivity contribution is 0.220. The van der Waals surface area contributed by atoms with Gasteiger partial charge in [-0.05, 0) is 48.1 Å². The van der Waals surface area contributed by atoms with Crippen LogP contribution in [0.2, 0.25) is 0 Å². The second-order valence-electron chi connectivity index (χ2n) is 5.45. The Morgan fingerprint density at radius 3 is 2.88 bits per heavy atom. The quantitative estimate of drug-likeness (QED) is 0.663. The minimum Gasteiger partial charge on any atom is -0.0891 e. The number of alkyl halides is 1. The molecule has 1 saturated carbocycles. The number of rotatable bonds is 1. The lowest BCUT2D eigenvalue weighted by Crippen LogP contribution is -2.29. The Labute approximate surface area is 107 Å². The summed E-state index contributed by atoms with van der Waals surface area (Å²) in [6.45, 7) is 2.33. The fraction of sp³-hybridized carbons (Fsp3) is 0.600. The van der Waals surface area contributed by atoms with E-state index in [0.717, 1.165) is 17.8 Å². The maximum atomic E-state index is 3.82. The molecule has 2 aliphatic rings. The van der Waals surface area contributed by atoms with Gasteiger partial charge < -0.3 is 0 Å². The van der Waals surface area contributed by atoms with Crippen molar-refractivity contribution in [2.45, 2.75) is 43.4 Å². The molecule has 0 bridgehead atoms. The first-order valence-electron chi connectivity index (χ1n) is 6.49. The van der Waals surface area contributed by atoms with Crippen molar-refractivity contribution in [3.63, 3.8) is 0 Å². The number of halogens is 1. The molecule has 0 heterocycles. The molecule has 3 rings (SSSR count). The van der Waals surface area contributed by atoms with Gasteiger partial charge in [0.25, 0.3) is 0 Å². The summed E-state index contributed by atoms with van der Waals surface area (Å²) in [6.07, 6.45) is 5.57. The molecule has 1 aromatic rings. The highest BCUT2D eigenvalue weighted by Gasteiger charge is 2.40. The van der Waals surface area contributed by atoms with E-state index in [9.17, 15) is 0 Å². The Hall–Kier alpha value is -0.300. The Morgan fingerprint density at radius 1 is 1.25 bits per heavy atom. The van der Waals surface area contributed by atoms with Crippen LogP contribution in [0.4, 0.5) is 0 Å². The van der Waals surface area contributed by atoms with E-state index in [1.54, 1.807) is 11.1 Å². The molecule has 0 nitrogen and oxygen atoms in total. The van der Waals surface area contributed by atoms with Crippen LogP contribution in [-0.4, -0.2) is 4.83 Å². The monoisotopic (exact) mass is 278 g/mol. The fourth-order valence-electron chi connectivity index (χ4n) is 3.89. The lowest BCUT2D eigenvalue weighted by atomic mass is 9.71. The van der Waals surface area contributed by atoms with Gasteiger partial charge in [-0.1, -0.05) is 53.5 Å². The van der Waals surface area contributed by atoms with Crippen LogP contribution in [-0.2, 0) is 6.42 Å². The third kappa shape index (κ3) is 1.64. The van der Waals surface area contributed by atoms with Crippen molar-refractivity contribution in [3.8, 4) is 0 Å². The molecule has 86 valence electrons. The van der Waals surface area contributed by atoms with Gasteiger partial charge >= 0.3 is 0 Å². The summed E-state index contributed by atoms with van der Waals surface area (Å²) >= 11 is 3.82. The van der Waals surface area contributed by atoms with Crippen molar-refractivity contribution in [2.24, 2.45) is 11.8 Å². The zero-order valence-corrected chi connectivity index (χ0v) is 11.4. The van der Waals surface area contributed by atoms with Crippen molar-refractivity contribution in [2.75, 3.05) is 0 Å². The van der Waals surface area contributed by atoms with E-state index >= 15 is 0 Å². The normalized spacial score (nSPS) is 34.2. The predicted octanol–water partition coefficient (Wildman–Crippen LogP) is 4.53. The Morgan fingerprint density at radius 2 is 2.06 bits per heavy atom. The second-order valence-corrected chi connectivity index (χ2v) is 6.89. The molecule has 1 fully saturated rings. The Balaban J connectivity index is 1.93. The standard InChI is InChI=1S/C15H19Br/c1-10(16)12-7-4-8-14-13-6-3-2-5-11(13)9-15(12)14/h2-3,5-6,10,12,14-15H,4,7-9H2,1H3. The van der Waals surface area contributed by atoms with Crippen molar-refractivity contribution in [1.82, 2.24) is 0 Å². The van der Waals surface area contributed by atoms with Crippen molar-refractivity contribution in [3.05, 3.63) is 35.4 Å². The smallest absolute Gasteiger partial charge is 0.0148 e. The molecule has 2 aliphatic carbocycles. The molecule has 0 radical (unpaired) electrons. The van der Waals surface area contributed by atoms with Crippen LogP contribution in [0.15, 0.2) is 24.3 Å². The van der Waals surface area contributed by atoms with Crippen molar-refractivity contribution in [1.29, 1.82) is 0 Å². The first-order valence-corrected chi connectivity index (χ1v) is 7.41. The molecule has 0 aromatic heterocycles. The molecule has 4 atom stereocenters. The number of hydrogen-bond donors (Lipinski definition) is 0. The van der Waals surface area contributed by atoms with Crippen LogP contribution in [0, 0.1) is 11.8 Å². The second kappa shape index (κ2) is 4.18. The van der Waals surface area contributed by atoms with Crippen molar-refractivity contribution >= 4 is 15.9 Å². The summed E-state index contributed by atoms with van der Waals surface area (Å²) in [5, 5.41) is 0. The lowest BCUT2D eigenvalue weighted by Gasteiger charge is -2.36. The molecule has 0 spiro atoms. The maximum absolute atomic E-state index is 3.82. The van der Waals surface area contributed by atoms with Gasteiger partial charge in [-0.25, -0.2) is 0 Å². The summed E-state index contributed by atoms with van der Waals surface area (Å²) in [5.41, 5.74) is 3.28. The number of hydrogen-bond acceptors (Lipinski definition) is 0. The Bertz CT molecular complexity index is 383. The SMILES string of the molecule is CC(Br)C1CCCC2c3ccccc3CC21. The zero-order valence-electron chi connectivity index (χ0n) is 9.83. The molecule has 1 aromatic carbocycles. The molecule has 0 aliphatic heterocycles. The highest BCUT2D eigenvalue weighted by Crippen LogP contribution is 2.50. The minimum absolute atomic E-state index is 0.676. The van der Waals surface area contributed by atoms with Crippen LogP contribution in [0.5, 0.6) is 0 Å². The van der Waals surface area contributed by atoms with E-state index in [1.807, 2.05) is 0 Å². The summed E-state index contributed by atoms with van der Waals surface area (Å²) in [5.74, 6) is 2.64. The van der Waals surface area contributed by atoms with Gasteiger partial charge in [0.1, 0.15) is 0 Å². The highest BCUT2D eigenvalue weighted by molar-refractivity contribution is 9.09. The van der Waals surface area contributed by atoms with E-state index in [1.165, 1.54) is 25.7 Å². The van der Waals surface area contributed by atoms with Gasteiger partial charge in [0.05, 0.1) is 0 Å². The molecule has 0 amide bonds. The topological polar surface area (TPSA) is 0 Å². The molecule has 0 N–H and O–H groups in total. The third-order valence-corrected chi connectivity index (χ3v) is 5.30. The van der Waals surface area contributed by atoms with Gasteiger partial charge in [-0.3, -0.25) is 0 Å². The summed E-state index contributed by atoms with van der Waals surface area (Å²) < 4.78 is 0. The van der Waals surface area contributed by atoms with Gasteiger partial charge in [-0.15, -0.1) is 0 Å². The Kier molecular flexibility index (Phi) is 2.83. The summed E-state index contributed by atoms with van der Waals surface area (Å²) in [6, 6.07) is 9.11. The van der Waals surface area contributed by atoms with Crippen molar-refractivity contribution < 1.29 is 0 Å². The van der Waals surface area contributed by atoms with Crippen LogP contribution < -0.4 is 0 Å². The van der Waals surface area contributed by atoms with E-state index < -0.39 is 0 Å². The third-order valence-electron chi connectivity index (χ3n) is 4.62. The summed E-state index contributed by atoms with van der Waals surface area (Å²) in [7, 11) is 0. The van der Waals surface area contributed by atoms with Gasteiger partial charge in [0.2, 0.25) is 0 Å². The zero-order chi connectivity index (χ0) is 11.1. The first-order chi connectivity index (χ1) is 7.77. The van der Waals surface area contributed by atoms with E-state index in [2.05, 4.69) is 47.1 Å². The molecule has 4 unspecified atom stereocenters. The molecule has 1 heteroatoms. The number of benzene rings is 1. The van der Waals surface area contributed by atoms with Crippen LogP contribution in [0.1, 0.15) is 43.2 Å². The molecule has 0 saturated heterocycles. The summed E-state index contributed by atoms with van der Waals surface area (Å²) in [4.78, 5) is 0.676. The maximum Gasteiger partial charge on any atom is 0.0148 e. The van der Waals surface area contributed by atoms with Gasteiger partial charge in [-0.2, -0.15) is 0 Å². The molecule has 16 heavy (non-hydrogen) atoms. The average Bonchev–Trinajstić information content (AvgIpc) is 2.67. The van der Waals surface area contributed by atoms with Gasteiger partial charge in [0, 0.05) is 4.83 Å². The largest absolute Gasteiger partial charge is 0.0891 e. The fourth-order valence-corrected chi connectivity index (χ4v) is 4.54. The highest BCUT2D eigenvalue weighted by atomic mass is 79.9. The molecular weight excluding hydrogens is 260 g/mol. The van der Waals surface area contributed by atoms with E-state index in [0.29, 0.717) is 4.83 Å². The van der Waals surface area contributed by atoms with Crippen LogP contribution >= 0.6 is 15.9 Å². The first kappa shape index (κ1) is 10.8. The van der Waals surface area contributed by atoms with Crippen LogP contribution in [0.25, 0.3) is 0 Å². The predicted molar refractivity (Wildman–Crippen MR) is 72.1 cm³/mol. The van der Waals surface area contributed by atoms with Crippen LogP contribution in [0.3, 0.4) is 0 Å².